The Morgan fingerprint density at radius 1 is 1.12 bits per heavy atom. The van der Waals surface area contributed by atoms with Gasteiger partial charge < -0.3 is 20.4 Å². The Morgan fingerprint density at radius 3 is 2.64 bits per heavy atom. The molecular formula is C19H23N3O3. The smallest absolute Gasteiger partial charge is 0.255 e. The Hall–Kier alpha value is -2.34. The van der Waals surface area contributed by atoms with E-state index in [4.69, 9.17) is 10.5 Å². The maximum Gasteiger partial charge on any atom is 0.255 e. The lowest BCUT2D eigenvalue weighted by atomic mass is 9.89. The summed E-state index contributed by atoms with van der Waals surface area (Å²) in [7, 11) is 0. The number of fused-ring (bicyclic) bond motifs is 1. The van der Waals surface area contributed by atoms with E-state index >= 15 is 0 Å². The third-order valence-electron chi connectivity index (χ3n) is 5.54. The van der Waals surface area contributed by atoms with Gasteiger partial charge >= 0.3 is 0 Å². The average Bonchev–Trinajstić information content (AvgIpc) is 3.30. The van der Waals surface area contributed by atoms with Crippen molar-refractivity contribution < 1.29 is 14.3 Å². The van der Waals surface area contributed by atoms with Gasteiger partial charge in [0.1, 0.15) is 6.10 Å². The predicted molar refractivity (Wildman–Crippen MR) is 94.0 cm³/mol. The summed E-state index contributed by atoms with van der Waals surface area (Å²) in [5.41, 5.74) is 6.96. The van der Waals surface area contributed by atoms with Gasteiger partial charge in [-0.05, 0) is 43.7 Å². The van der Waals surface area contributed by atoms with Gasteiger partial charge in [0.05, 0.1) is 17.2 Å². The third-order valence-corrected chi connectivity index (χ3v) is 5.54. The number of ether oxygens (including phenoxy) is 1. The number of H-pyrrole nitrogens is 1. The minimum Gasteiger partial charge on any atom is -0.367 e. The fourth-order valence-electron chi connectivity index (χ4n) is 4.13. The molecule has 1 aromatic carbocycles. The van der Waals surface area contributed by atoms with Crippen LogP contribution in [0.1, 0.15) is 36.0 Å². The normalized spacial score (nSPS) is 24.7. The van der Waals surface area contributed by atoms with Crippen molar-refractivity contribution in [2.24, 2.45) is 11.7 Å². The number of benzene rings is 1. The first kappa shape index (κ1) is 16.1. The lowest BCUT2D eigenvalue weighted by Crippen LogP contribution is -2.41. The molecule has 0 unspecified atom stereocenters. The zero-order valence-electron chi connectivity index (χ0n) is 14.1. The van der Waals surface area contributed by atoms with E-state index in [0.29, 0.717) is 12.3 Å². The van der Waals surface area contributed by atoms with Crippen LogP contribution in [-0.2, 0) is 9.53 Å². The molecule has 2 aliphatic heterocycles. The van der Waals surface area contributed by atoms with Crippen LogP contribution in [0.4, 0.5) is 0 Å². The summed E-state index contributed by atoms with van der Waals surface area (Å²) in [6, 6.07) is 7.78. The van der Waals surface area contributed by atoms with Crippen LogP contribution in [0, 0.1) is 5.92 Å². The molecule has 3 heterocycles. The maximum atomic E-state index is 12.9. The molecule has 0 spiro atoms. The van der Waals surface area contributed by atoms with Crippen molar-refractivity contribution in [2.75, 3.05) is 13.1 Å². The zero-order valence-corrected chi connectivity index (χ0v) is 14.1. The number of carbonyl (C=O) groups is 2. The zero-order chi connectivity index (χ0) is 17.4. The van der Waals surface area contributed by atoms with Crippen molar-refractivity contribution in [3.8, 4) is 0 Å². The number of amides is 2. The van der Waals surface area contributed by atoms with Crippen LogP contribution in [0.3, 0.4) is 0 Å². The largest absolute Gasteiger partial charge is 0.367 e. The number of nitrogens with two attached hydrogens (primary N) is 1. The first-order valence-electron chi connectivity index (χ1n) is 8.93. The molecule has 4 rings (SSSR count). The van der Waals surface area contributed by atoms with Crippen molar-refractivity contribution in [1.82, 2.24) is 9.88 Å². The number of aromatic nitrogens is 1. The van der Waals surface area contributed by atoms with Crippen LogP contribution < -0.4 is 5.73 Å². The number of hydrogen-bond donors (Lipinski definition) is 2. The Morgan fingerprint density at radius 2 is 1.92 bits per heavy atom. The topological polar surface area (TPSA) is 88.4 Å². The summed E-state index contributed by atoms with van der Waals surface area (Å²) < 4.78 is 5.81. The molecule has 2 atom stereocenters. The minimum atomic E-state index is -0.435. The van der Waals surface area contributed by atoms with Gasteiger partial charge in [-0.15, -0.1) is 0 Å². The van der Waals surface area contributed by atoms with E-state index in [1.165, 1.54) is 0 Å². The van der Waals surface area contributed by atoms with E-state index in [0.717, 1.165) is 48.8 Å². The van der Waals surface area contributed by atoms with Crippen LogP contribution in [-0.4, -0.2) is 47.0 Å². The second kappa shape index (κ2) is 6.52. The minimum absolute atomic E-state index is 0.0776. The van der Waals surface area contributed by atoms with E-state index in [9.17, 15) is 9.59 Å². The summed E-state index contributed by atoms with van der Waals surface area (Å²) in [4.78, 5) is 29.2. The second-order valence-corrected chi connectivity index (χ2v) is 7.02. The first-order chi connectivity index (χ1) is 12.1. The fraction of sp³-hybridized carbons (Fsp3) is 0.474. The van der Waals surface area contributed by atoms with E-state index < -0.39 is 6.10 Å². The Kier molecular flexibility index (Phi) is 4.21. The van der Waals surface area contributed by atoms with Crippen LogP contribution in [0.2, 0.25) is 0 Å². The molecule has 2 aromatic rings. The first-order valence-corrected chi connectivity index (χ1v) is 8.93. The number of aromatic amines is 1. The number of hydrogen-bond acceptors (Lipinski definition) is 3. The molecule has 1 aromatic heterocycles. The molecule has 2 aliphatic rings. The van der Waals surface area contributed by atoms with E-state index in [1.54, 1.807) is 0 Å². The lowest BCUT2D eigenvalue weighted by Gasteiger charge is -2.34. The summed E-state index contributed by atoms with van der Waals surface area (Å²) in [5, 5.41) is 1.05. The number of piperidine rings is 1. The van der Waals surface area contributed by atoms with Crippen molar-refractivity contribution in [3.05, 3.63) is 36.0 Å². The molecule has 0 saturated carbocycles. The molecule has 6 nitrogen and oxygen atoms in total. The molecule has 132 valence electrons. The Labute approximate surface area is 146 Å². The molecular weight excluding hydrogens is 318 g/mol. The van der Waals surface area contributed by atoms with Gasteiger partial charge in [0.2, 0.25) is 5.91 Å². The summed E-state index contributed by atoms with van der Waals surface area (Å²) in [6.45, 7) is 1.45. The van der Waals surface area contributed by atoms with Gasteiger partial charge in [-0.25, -0.2) is 0 Å². The van der Waals surface area contributed by atoms with Crippen LogP contribution >= 0.6 is 0 Å². The highest BCUT2D eigenvalue weighted by Gasteiger charge is 2.36. The van der Waals surface area contributed by atoms with Crippen LogP contribution in [0.15, 0.2) is 30.5 Å². The second-order valence-electron chi connectivity index (χ2n) is 7.02. The predicted octanol–water partition coefficient (Wildman–Crippen LogP) is 2.05. The summed E-state index contributed by atoms with van der Waals surface area (Å²) >= 11 is 0. The van der Waals surface area contributed by atoms with Gasteiger partial charge in [0, 0.05) is 24.7 Å². The highest BCUT2D eigenvalue weighted by molar-refractivity contribution is 6.05. The number of primary amides is 1. The van der Waals surface area contributed by atoms with Gasteiger partial charge in [0.15, 0.2) is 0 Å². The van der Waals surface area contributed by atoms with E-state index in [-0.39, 0.29) is 17.9 Å². The van der Waals surface area contributed by atoms with Crippen LogP contribution in [0.5, 0.6) is 0 Å². The molecule has 25 heavy (non-hydrogen) atoms. The highest BCUT2D eigenvalue weighted by Crippen LogP contribution is 2.32. The number of nitrogens with one attached hydrogen (secondary N) is 1. The molecule has 3 N–H and O–H groups in total. The Bertz CT molecular complexity index is 792. The molecule has 0 radical (unpaired) electrons. The Balaban J connectivity index is 1.40. The number of rotatable bonds is 3. The number of para-hydroxylation sites is 1. The quantitative estimate of drug-likeness (QED) is 0.895. The van der Waals surface area contributed by atoms with E-state index in [1.807, 2.05) is 35.4 Å². The average molecular weight is 341 g/mol. The standard InChI is InChI=1S/C19H23N3O3/c20-18(23)16-5-4-15(25-16)12-7-10-22(11-8-12)19(24)14-3-1-2-13-6-9-21-17(13)14/h1-3,6,9,12,15-16,21H,4-5,7-8,10-11H2,(H2,20,23)/t15-,16+/m0/s1. The number of carbonyl (C=O) groups excluding carboxylic acids is 2. The molecule has 0 bridgehead atoms. The molecule has 2 amide bonds. The van der Waals surface area contributed by atoms with Crippen LogP contribution in [0.25, 0.3) is 10.9 Å². The van der Waals surface area contributed by atoms with Crippen molar-refractivity contribution in [2.45, 2.75) is 37.9 Å². The molecule has 0 aliphatic carbocycles. The fourth-order valence-corrected chi connectivity index (χ4v) is 4.13. The van der Waals surface area contributed by atoms with Gasteiger partial charge in [-0.1, -0.05) is 12.1 Å². The van der Waals surface area contributed by atoms with E-state index in [2.05, 4.69) is 4.98 Å². The number of nitrogens with zero attached hydrogens (tertiary/aromatic N) is 1. The lowest BCUT2D eigenvalue weighted by molar-refractivity contribution is -0.130. The third kappa shape index (κ3) is 3.02. The van der Waals surface area contributed by atoms with Crippen molar-refractivity contribution in [3.63, 3.8) is 0 Å². The highest BCUT2D eigenvalue weighted by atomic mass is 16.5. The SMILES string of the molecule is NC(=O)[C@H]1CC[C@@H](C2CCN(C(=O)c3cccc4cc[nH]c34)CC2)O1. The van der Waals surface area contributed by atoms with Crippen molar-refractivity contribution in [1.29, 1.82) is 0 Å². The maximum absolute atomic E-state index is 12.9. The monoisotopic (exact) mass is 341 g/mol. The van der Waals surface area contributed by atoms with Gasteiger partial charge in [-0.2, -0.15) is 0 Å². The molecule has 6 heteroatoms. The summed E-state index contributed by atoms with van der Waals surface area (Å²) in [6.07, 6.45) is 4.93. The molecule has 2 fully saturated rings. The van der Waals surface area contributed by atoms with Gasteiger partial charge in [-0.3, -0.25) is 9.59 Å². The summed E-state index contributed by atoms with van der Waals surface area (Å²) in [5.74, 6) is 0.109. The molecule has 2 saturated heterocycles. The van der Waals surface area contributed by atoms with Gasteiger partial charge in [0.25, 0.3) is 5.91 Å². The number of likely N-dealkylation sites (tertiary alicyclic amines) is 1. The van der Waals surface area contributed by atoms with Crippen molar-refractivity contribution >= 4 is 22.7 Å².